The third-order valence-corrected chi connectivity index (χ3v) is 5.51. The number of halogens is 1. The lowest BCUT2D eigenvalue weighted by Gasteiger charge is -2.40. The van der Waals surface area contributed by atoms with E-state index in [2.05, 4.69) is 6.92 Å². The van der Waals surface area contributed by atoms with Crippen LogP contribution in [-0.4, -0.2) is 11.6 Å². The van der Waals surface area contributed by atoms with Gasteiger partial charge in [0.15, 0.2) is 0 Å². The van der Waals surface area contributed by atoms with Gasteiger partial charge in [0.2, 0.25) is 0 Å². The Bertz CT molecular complexity index is 833. The maximum Gasteiger partial charge on any atom is 0.338 e. The molecule has 1 aliphatic rings. The first-order valence-corrected chi connectivity index (χ1v) is 9.55. The number of esters is 1. The van der Waals surface area contributed by atoms with E-state index in [1.165, 1.54) is 6.07 Å². The fourth-order valence-electron chi connectivity index (χ4n) is 4.04. The van der Waals surface area contributed by atoms with Gasteiger partial charge >= 0.3 is 5.97 Å². The lowest BCUT2D eigenvalue weighted by atomic mass is 9.74. The minimum Gasteiger partial charge on any atom is -0.455 e. The zero-order chi connectivity index (χ0) is 19.3. The summed E-state index contributed by atoms with van der Waals surface area (Å²) in [7, 11) is 0. The monoisotopic (exact) mass is 365 g/mol. The molecule has 2 aromatic carbocycles. The van der Waals surface area contributed by atoms with Crippen LogP contribution in [0.3, 0.4) is 0 Å². The van der Waals surface area contributed by atoms with E-state index in [-0.39, 0.29) is 17.5 Å². The normalized spacial score (nSPS) is 22.0. The molecule has 27 heavy (non-hydrogen) atoms. The molecule has 4 heteroatoms. The van der Waals surface area contributed by atoms with Crippen LogP contribution in [0.15, 0.2) is 48.5 Å². The van der Waals surface area contributed by atoms with Crippen molar-refractivity contribution in [3.8, 4) is 6.07 Å². The highest BCUT2D eigenvalue weighted by Crippen LogP contribution is 2.43. The molecule has 0 bridgehead atoms. The van der Waals surface area contributed by atoms with Gasteiger partial charge in [-0.25, -0.2) is 9.18 Å². The largest absolute Gasteiger partial charge is 0.455 e. The molecule has 1 saturated carbocycles. The average molecular weight is 365 g/mol. The summed E-state index contributed by atoms with van der Waals surface area (Å²) in [5.41, 5.74) is 1.13. The highest BCUT2D eigenvalue weighted by molar-refractivity contribution is 5.89. The van der Waals surface area contributed by atoms with Crippen molar-refractivity contribution in [2.24, 2.45) is 0 Å². The van der Waals surface area contributed by atoms with Crippen LogP contribution in [0, 0.1) is 17.1 Å². The number of ether oxygens (including phenoxy) is 1. The zero-order valence-corrected chi connectivity index (χ0v) is 15.6. The number of benzene rings is 2. The van der Waals surface area contributed by atoms with E-state index in [9.17, 15) is 9.18 Å². The maximum absolute atomic E-state index is 13.9. The summed E-state index contributed by atoms with van der Waals surface area (Å²) >= 11 is 0. The Balaban J connectivity index is 1.70. The first-order chi connectivity index (χ1) is 13.1. The second kappa shape index (κ2) is 8.35. The van der Waals surface area contributed by atoms with Gasteiger partial charge in [0.1, 0.15) is 17.5 Å². The fourth-order valence-corrected chi connectivity index (χ4v) is 4.04. The fraction of sp³-hybridized carbons (Fsp3) is 0.391. The molecule has 0 spiro atoms. The first kappa shape index (κ1) is 19.1. The molecule has 1 aliphatic carbocycles. The second-order valence-corrected chi connectivity index (χ2v) is 7.31. The summed E-state index contributed by atoms with van der Waals surface area (Å²) in [5.74, 6) is -0.504. The molecular weight excluding hydrogens is 341 g/mol. The van der Waals surface area contributed by atoms with Crippen molar-refractivity contribution in [3.63, 3.8) is 0 Å². The molecule has 0 N–H and O–H groups in total. The maximum atomic E-state index is 13.9. The Kier molecular flexibility index (Phi) is 5.91. The van der Waals surface area contributed by atoms with Crippen LogP contribution < -0.4 is 0 Å². The lowest BCUT2D eigenvalue weighted by molar-refractivity contribution is -0.0453. The number of carbonyl (C=O) groups is 1. The van der Waals surface area contributed by atoms with E-state index in [0.29, 0.717) is 5.56 Å². The van der Waals surface area contributed by atoms with Gasteiger partial charge < -0.3 is 4.74 Å². The number of hydrogen-bond acceptors (Lipinski definition) is 3. The average Bonchev–Trinajstić information content (AvgIpc) is 2.69. The Morgan fingerprint density at radius 2 is 1.93 bits per heavy atom. The molecule has 3 nitrogen and oxygen atoms in total. The summed E-state index contributed by atoms with van der Waals surface area (Å²) < 4.78 is 19.9. The van der Waals surface area contributed by atoms with Crippen molar-refractivity contribution in [2.75, 3.05) is 0 Å². The van der Waals surface area contributed by atoms with Gasteiger partial charge in [-0.05, 0) is 67.9 Å². The molecule has 2 aromatic rings. The number of carbonyl (C=O) groups excluding carboxylic acids is 1. The van der Waals surface area contributed by atoms with Gasteiger partial charge in [0.05, 0.1) is 11.1 Å². The van der Waals surface area contributed by atoms with Crippen LogP contribution in [0.1, 0.15) is 72.9 Å². The molecule has 0 aliphatic heterocycles. The number of nitriles is 1. The van der Waals surface area contributed by atoms with Gasteiger partial charge in [-0.3, -0.25) is 0 Å². The summed E-state index contributed by atoms with van der Waals surface area (Å²) in [4.78, 5) is 12.6. The smallest absolute Gasteiger partial charge is 0.338 e. The van der Waals surface area contributed by atoms with Crippen molar-refractivity contribution in [1.29, 1.82) is 5.26 Å². The van der Waals surface area contributed by atoms with Gasteiger partial charge in [-0.1, -0.05) is 37.6 Å². The SMILES string of the molecule is CCCC1(OC(=O)c2ccccc2)CCC(c2ccc(C#N)c(F)c2)CC1. The van der Waals surface area contributed by atoms with Crippen molar-refractivity contribution in [1.82, 2.24) is 0 Å². The van der Waals surface area contributed by atoms with Gasteiger partial charge in [-0.2, -0.15) is 5.26 Å². The topological polar surface area (TPSA) is 50.1 Å². The highest BCUT2D eigenvalue weighted by atomic mass is 19.1. The van der Waals surface area contributed by atoms with E-state index in [1.54, 1.807) is 18.2 Å². The molecule has 0 amide bonds. The van der Waals surface area contributed by atoms with E-state index in [0.717, 1.165) is 44.1 Å². The summed E-state index contributed by atoms with van der Waals surface area (Å²) in [6.45, 7) is 2.10. The highest BCUT2D eigenvalue weighted by Gasteiger charge is 2.38. The summed E-state index contributed by atoms with van der Waals surface area (Å²) in [5, 5.41) is 8.89. The van der Waals surface area contributed by atoms with Gasteiger partial charge in [0, 0.05) is 0 Å². The summed E-state index contributed by atoms with van der Waals surface area (Å²) in [6.07, 6.45) is 5.00. The van der Waals surface area contributed by atoms with Crippen molar-refractivity contribution in [3.05, 3.63) is 71.0 Å². The van der Waals surface area contributed by atoms with Crippen LogP contribution in [-0.2, 0) is 4.74 Å². The number of nitrogens with zero attached hydrogens (tertiary/aromatic N) is 1. The molecule has 3 rings (SSSR count). The van der Waals surface area contributed by atoms with Crippen LogP contribution >= 0.6 is 0 Å². The van der Waals surface area contributed by atoms with E-state index < -0.39 is 11.4 Å². The van der Waals surface area contributed by atoms with E-state index in [4.69, 9.17) is 10.00 Å². The quantitative estimate of drug-likeness (QED) is 0.634. The first-order valence-electron chi connectivity index (χ1n) is 9.55. The van der Waals surface area contributed by atoms with Crippen LogP contribution in [0.2, 0.25) is 0 Å². The Morgan fingerprint density at radius 3 is 2.52 bits per heavy atom. The van der Waals surface area contributed by atoms with Crippen LogP contribution in [0.5, 0.6) is 0 Å². The van der Waals surface area contributed by atoms with Gasteiger partial charge in [-0.15, -0.1) is 0 Å². The molecular formula is C23H24FNO2. The Labute approximate surface area is 159 Å². The molecule has 0 atom stereocenters. The van der Waals surface area contributed by atoms with E-state index in [1.807, 2.05) is 30.3 Å². The standard InChI is InChI=1S/C23H24FNO2/c1-2-12-23(27-22(26)18-6-4-3-5-7-18)13-10-17(11-14-23)19-8-9-20(16-25)21(24)15-19/h3-9,15,17H,2,10-14H2,1H3. The third kappa shape index (κ3) is 4.36. The molecule has 0 saturated heterocycles. The number of hydrogen-bond donors (Lipinski definition) is 0. The van der Waals surface area contributed by atoms with Crippen molar-refractivity contribution < 1.29 is 13.9 Å². The van der Waals surface area contributed by atoms with Crippen LogP contribution in [0.25, 0.3) is 0 Å². The number of rotatable bonds is 5. The molecule has 0 unspecified atom stereocenters. The minimum atomic E-state index is -0.462. The van der Waals surface area contributed by atoms with E-state index >= 15 is 0 Å². The molecule has 1 fully saturated rings. The molecule has 0 aromatic heterocycles. The predicted molar refractivity (Wildman–Crippen MR) is 102 cm³/mol. The predicted octanol–water partition coefficient (Wildman–Crippen LogP) is 5.75. The van der Waals surface area contributed by atoms with Crippen molar-refractivity contribution in [2.45, 2.75) is 57.0 Å². The minimum absolute atomic E-state index is 0.0756. The molecule has 0 heterocycles. The molecule has 140 valence electrons. The lowest BCUT2D eigenvalue weighted by Crippen LogP contribution is -2.38. The zero-order valence-electron chi connectivity index (χ0n) is 15.6. The third-order valence-electron chi connectivity index (χ3n) is 5.51. The van der Waals surface area contributed by atoms with Crippen LogP contribution in [0.4, 0.5) is 4.39 Å². The molecule has 0 radical (unpaired) electrons. The van der Waals surface area contributed by atoms with Crippen molar-refractivity contribution >= 4 is 5.97 Å². The van der Waals surface area contributed by atoms with Gasteiger partial charge in [0.25, 0.3) is 0 Å². The Morgan fingerprint density at radius 1 is 1.22 bits per heavy atom. The second-order valence-electron chi connectivity index (χ2n) is 7.31. The Hall–Kier alpha value is -2.67. The summed E-state index contributed by atoms with van der Waals surface area (Å²) in [6, 6.07) is 15.8.